The van der Waals surface area contributed by atoms with Crippen molar-refractivity contribution in [3.8, 4) is 5.75 Å². The van der Waals surface area contributed by atoms with Gasteiger partial charge in [-0.3, -0.25) is 4.79 Å². The van der Waals surface area contributed by atoms with Gasteiger partial charge in [0.25, 0.3) is 0 Å². The summed E-state index contributed by atoms with van der Waals surface area (Å²) in [5.41, 5.74) is 3.11. The Morgan fingerprint density at radius 3 is 2.57 bits per heavy atom. The number of nitrogens with one attached hydrogen (secondary N) is 1. The van der Waals surface area contributed by atoms with E-state index in [-0.39, 0.29) is 11.8 Å². The summed E-state index contributed by atoms with van der Waals surface area (Å²) in [4.78, 5) is 21.7. The molecule has 8 heteroatoms. The Hall–Kier alpha value is -3.00. The van der Waals surface area contributed by atoms with E-state index in [0.29, 0.717) is 41.2 Å². The minimum absolute atomic E-state index is 0.276. The Bertz CT molecular complexity index is 1210. The number of rotatable bonds is 5. The molecule has 0 fully saturated rings. The Labute approximate surface area is 175 Å². The lowest BCUT2D eigenvalue weighted by Crippen LogP contribution is -2.41. The number of carbonyl (C=O) groups is 1. The van der Waals surface area contributed by atoms with Crippen LogP contribution in [0.3, 0.4) is 0 Å². The number of nitrogens with zero attached hydrogens (tertiary/aromatic N) is 2. The number of ether oxygens (including phenoxy) is 1. The van der Waals surface area contributed by atoms with Gasteiger partial charge in [0.1, 0.15) is 11.0 Å². The van der Waals surface area contributed by atoms with Crippen LogP contribution < -0.4 is 10.1 Å². The maximum Gasteiger partial charge on any atom is 0.238 e. The lowest BCUT2D eigenvalue weighted by molar-refractivity contribution is -0.121. The van der Waals surface area contributed by atoms with E-state index in [9.17, 15) is 13.2 Å². The highest BCUT2D eigenvalue weighted by Gasteiger charge is 2.32. The number of benzene rings is 2. The summed E-state index contributed by atoms with van der Waals surface area (Å²) in [7, 11) is -3.78. The monoisotopic (exact) mass is 425 g/mol. The molecule has 156 valence electrons. The average Bonchev–Trinajstić information content (AvgIpc) is 2.74. The van der Waals surface area contributed by atoms with Gasteiger partial charge in [0.15, 0.2) is 9.84 Å². The summed E-state index contributed by atoms with van der Waals surface area (Å²) < 4.78 is 31.5. The number of para-hydroxylation sites is 3. The van der Waals surface area contributed by atoms with Crippen molar-refractivity contribution in [2.75, 3.05) is 6.61 Å². The molecule has 7 nitrogen and oxygen atoms in total. The first kappa shape index (κ1) is 20.3. The second-order valence-electron chi connectivity index (χ2n) is 7.43. The first-order valence-corrected chi connectivity index (χ1v) is 11.5. The van der Waals surface area contributed by atoms with Crippen molar-refractivity contribution in [2.45, 2.75) is 37.3 Å². The van der Waals surface area contributed by atoms with E-state index in [1.165, 1.54) is 6.92 Å². The van der Waals surface area contributed by atoms with Gasteiger partial charge in [0.2, 0.25) is 5.91 Å². The lowest BCUT2D eigenvalue weighted by atomic mass is 10.0. The Morgan fingerprint density at radius 2 is 1.80 bits per heavy atom. The van der Waals surface area contributed by atoms with Crippen LogP contribution in [0, 0.1) is 6.92 Å². The lowest BCUT2D eigenvalue weighted by Gasteiger charge is -2.27. The van der Waals surface area contributed by atoms with Crippen LogP contribution in [0.15, 0.2) is 48.5 Å². The normalized spacial score (nSPS) is 17.1. The molecule has 2 atom stereocenters. The molecule has 0 spiro atoms. The van der Waals surface area contributed by atoms with E-state index in [0.717, 1.165) is 5.56 Å². The van der Waals surface area contributed by atoms with Crippen molar-refractivity contribution >= 4 is 26.8 Å². The molecular formula is C22H23N3O4S. The van der Waals surface area contributed by atoms with Crippen molar-refractivity contribution in [3.05, 3.63) is 65.5 Å². The van der Waals surface area contributed by atoms with E-state index in [2.05, 4.69) is 15.3 Å². The molecule has 1 amide bonds. The van der Waals surface area contributed by atoms with E-state index in [1.807, 2.05) is 42.5 Å². The molecule has 1 N–H and O–H groups in total. The predicted molar refractivity (Wildman–Crippen MR) is 114 cm³/mol. The fraction of sp³-hybridized carbons (Fsp3) is 0.318. The fourth-order valence-corrected chi connectivity index (χ4v) is 4.82. The number of carbonyl (C=O) groups excluding carboxylic acids is 1. The zero-order chi connectivity index (χ0) is 21.3. The van der Waals surface area contributed by atoms with Gasteiger partial charge in [-0.2, -0.15) is 0 Å². The van der Waals surface area contributed by atoms with Gasteiger partial charge in [0, 0.05) is 12.0 Å². The number of hydrogen-bond donors (Lipinski definition) is 1. The summed E-state index contributed by atoms with van der Waals surface area (Å²) in [6.07, 6.45) is 0.588. The van der Waals surface area contributed by atoms with Gasteiger partial charge < -0.3 is 10.1 Å². The molecule has 4 rings (SSSR count). The van der Waals surface area contributed by atoms with Gasteiger partial charge in [-0.05, 0) is 32.0 Å². The molecule has 30 heavy (non-hydrogen) atoms. The van der Waals surface area contributed by atoms with E-state index in [1.54, 1.807) is 13.0 Å². The standard InChI is InChI=1S/C22H23N3O4S/c1-14-20(24-19-9-5-4-8-18(19)23-14)13-30(27,28)15(2)22(26)25-17-11-12-29-21-10-6-3-7-16(17)21/h3-10,15,17H,11-13H2,1-2H3,(H,25,26)/t15-,17+/m1/s1. The van der Waals surface area contributed by atoms with Crippen LogP contribution in [0.2, 0.25) is 0 Å². The first-order chi connectivity index (χ1) is 14.3. The number of amides is 1. The van der Waals surface area contributed by atoms with E-state index in [4.69, 9.17) is 4.74 Å². The van der Waals surface area contributed by atoms with E-state index < -0.39 is 21.0 Å². The molecule has 0 radical (unpaired) electrons. The molecule has 0 saturated carbocycles. The molecule has 1 aliphatic heterocycles. The summed E-state index contributed by atoms with van der Waals surface area (Å²) >= 11 is 0. The summed E-state index contributed by atoms with van der Waals surface area (Å²) in [6.45, 7) is 3.61. The van der Waals surface area contributed by atoms with Gasteiger partial charge >= 0.3 is 0 Å². The van der Waals surface area contributed by atoms with Crippen molar-refractivity contribution in [1.82, 2.24) is 15.3 Å². The zero-order valence-electron chi connectivity index (χ0n) is 16.8. The van der Waals surface area contributed by atoms with Crippen LogP contribution in [0.25, 0.3) is 11.0 Å². The molecule has 1 aromatic heterocycles. The molecule has 2 heterocycles. The van der Waals surface area contributed by atoms with Crippen LogP contribution in [-0.2, 0) is 20.4 Å². The molecule has 0 saturated heterocycles. The minimum Gasteiger partial charge on any atom is -0.493 e. The summed E-state index contributed by atoms with van der Waals surface area (Å²) in [5, 5.41) is 1.67. The average molecular weight is 426 g/mol. The van der Waals surface area contributed by atoms with Crippen LogP contribution in [-0.4, -0.2) is 36.1 Å². The molecule has 3 aromatic rings. The third-order valence-corrected chi connectivity index (χ3v) is 7.33. The number of aryl methyl sites for hydroxylation is 1. The molecule has 0 bridgehead atoms. The smallest absolute Gasteiger partial charge is 0.238 e. The van der Waals surface area contributed by atoms with Crippen LogP contribution in [0.1, 0.15) is 36.3 Å². The van der Waals surface area contributed by atoms with Crippen LogP contribution in [0.4, 0.5) is 0 Å². The second kappa shape index (κ2) is 8.02. The van der Waals surface area contributed by atoms with Crippen molar-refractivity contribution in [3.63, 3.8) is 0 Å². The van der Waals surface area contributed by atoms with Crippen LogP contribution >= 0.6 is 0 Å². The predicted octanol–water partition coefficient (Wildman–Crippen LogP) is 2.88. The third-order valence-electron chi connectivity index (χ3n) is 5.36. The Balaban J connectivity index is 1.52. The van der Waals surface area contributed by atoms with Gasteiger partial charge in [-0.1, -0.05) is 30.3 Å². The highest BCUT2D eigenvalue weighted by Crippen LogP contribution is 2.31. The molecule has 2 aromatic carbocycles. The Kier molecular flexibility index (Phi) is 5.42. The number of fused-ring (bicyclic) bond motifs is 2. The molecule has 0 unspecified atom stereocenters. The maximum absolute atomic E-state index is 13.0. The van der Waals surface area contributed by atoms with Crippen molar-refractivity contribution < 1.29 is 17.9 Å². The van der Waals surface area contributed by atoms with Gasteiger partial charge in [0.05, 0.1) is 40.8 Å². The molecular weight excluding hydrogens is 402 g/mol. The van der Waals surface area contributed by atoms with Crippen molar-refractivity contribution in [1.29, 1.82) is 0 Å². The molecule has 1 aliphatic rings. The number of sulfone groups is 1. The zero-order valence-corrected chi connectivity index (χ0v) is 17.6. The topological polar surface area (TPSA) is 98.3 Å². The number of aromatic nitrogens is 2. The summed E-state index contributed by atoms with van der Waals surface area (Å²) in [5.74, 6) is -0.148. The minimum atomic E-state index is -3.78. The quantitative estimate of drug-likeness (QED) is 0.675. The molecule has 0 aliphatic carbocycles. The summed E-state index contributed by atoms with van der Waals surface area (Å²) in [6, 6.07) is 14.5. The first-order valence-electron chi connectivity index (χ1n) is 9.81. The third kappa shape index (κ3) is 4.00. The number of hydrogen-bond acceptors (Lipinski definition) is 6. The Morgan fingerprint density at radius 1 is 1.13 bits per heavy atom. The fourth-order valence-electron chi connectivity index (χ4n) is 3.52. The highest BCUT2D eigenvalue weighted by atomic mass is 32.2. The van der Waals surface area contributed by atoms with Crippen LogP contribution in [0.5, 0.6) is 5.75 Å². The van der Waals surface area contributed by atoms with Gasteiger partial charge in [-0.15, -0.1) is 0 Å². The van der Waals surface area contributed by atoms with Crippen molar-refractivity contribution in [2.24, 2.45) is 0 Å². The van der Waals surface area contributed by atoms with E-state index >= 15 is 0 Å². The highest BCUT2D eigenvalue weighted by molar-refractivity contribution is 7.92. The second-order valence-corrected chi connectivity index (χ2v) is 9.75. The maximum atomic E-state index is 13.0. The van der Waals surface area contributed by atoms with Gasteiger partial charge in [-0.25, -0.2) is 18.4 Å². The SMILES string of the molecule is Cc1nc2ccccc2nc1CS(=O)(=O)[C@H](C)C(=O)N[C@H]1CCOc2ccccc21. The largest absolute Gasteiger partial charge is 0.493 e.